The van der Waals surface area contributed by atoms with Crippen molar-refractivity contribution in [2.45, 2.75) is 14.7 Å². The first kappa shape index (κ1) is 45.2. The zero-order valence-corrected chi connectivity index (χ0v) is 35.5. The summed E-state index contributed by atoms with van der Waals surface area (Å²) in [6.07, 6.45) is 0. The molecule has 25 heteroatoms. The fourth-order valence-electron chi connectivity index (χ4n) is 5.78. The van der Waals surface area contributed by atoms with Gasteiger partial charge in [0.05, 0.1) is 44.7 Å². The van der Waals surface area contributed by atoms with Crippen LogP contribution in [0.25, 0.3) is 10.8 Å². The molecule has 0 spiro atoms. The third-order valence-electron chi connectivity index (χ3n) is 8.80. The van der Waals surface area contributed by atoms with E-state index in [1.54, 1.807) is 0 Å². The van der Waals surface area contributed by atoms with Crippen molar-refractivity contribution in [2.24, 2.45) is 30.7 Å². The van der Waals surface area contributed by atoms with Crippen LogP contribution in [0.15, 0.2) is 136 Å². The molecule has 0 aliphatic carbocycles. The van der Waals surface area contributed by atoms with Crippen LogP contribution >= 0.6 is 0 Å². The Balaban J connectivity index is 1.31. The van der Waals surface area contributed by atoms with Gasteiger partial charge < -0.3 is 35.1 Å². The molecular formula is C38H34N8O14S3. The highest BCUT2D eigenvalue weighted by Gasteiger charge is 2.23. The number of azo groups is 3. The number of phenolic OH excluding ortho intramolecular Hbond substituents is 1. The lowest BCUT2D eigenvalue weighted by Gasteiger charge is -2.13. The van der Waals surface area contributed by atoms with Crippen molar-refractivity contribution in [3.8, 4) is 28.7 Å². The maximum Gasteiger partial charge on any atom is 0.296 e. The Morgan fingerprint density at radius 2 is 0.952 bits per heavy atom. The van der Waals surface area contributed by atoms with Crippen LogP contribution < -0.4 is 30.0 Å². The Bertz CT molecular complexity index is 3200. The quantitative estimate of drug-likeness (QED) is 0.0318. The van der Waals surface area contributed by atoms with Gasteiger partial charge in [0.1, 0.15) is 61.2 Å². The van der Waals surface area contributed by atoms with Crippen molar-refractivity contribution in [3.05, 3.63) is 91.0 Å². The van der Waals surface area contributed by atoms with Crippen molar-refractivity contribution in [1.82, 2.24) is 0 Å². The van der Waals surface area contributed by atoms with Gasteiger partial charge in [0.15, 0.2) is 5.75 Å². The second kappa shape index (κ2) is 18.0. The number of nitrogen functional groups attached to an aromatic ring is 1. The van der Waals surface area contributed by atoms with Crippen molar-refractivity contribution in [3.63, 3.8) is 0 Å². The monoisotopic (exact) mass is 922 g/mol. The highest BCUT2D eigenvalue weighted by atomic mass is 32.2. The Morgan fingerprint density at radius 3 is 1.41 bits per heavy atom. The summed E-state index contributed by atoms with van der Waals surface area (Å²) in [6.45, 7) is 0. The lowest BCUT2D eigenvalue weighted by Crippen LogP contribution is -2.04. The van der Waals surface area contributed by atoms with E-state index < -0.39 is 51.6 Å². The van der Waals surface area contributed by atoms with E-state index in [0.29, 0.717) is 5.69 Å². The Hall–Kier alpha value is -7.29. The first-order valence-corrected chi connectivity index (χ1v) is 21.8. The number of nitrogens with zero attached hydrogens (tertiary/aromatic N) is 6. The number of fused-ring (bicyclic) bond motifs is 1. The Kier molecular flexibility index (Phi) is 12.9. The number of hydrogen-bond acceptors (Lipinski definition) is 19. The van der Waals surface area contributed by atoms with Crippen LogP contribution in [0.5, 0.6) is 28.7 Å². The van der Waals surface area contributed by atoms with E-state index >= 15 is 0 Å². The van der Waals surface area contributed by atoms with Crippen LogP contribution in [0, 0.1) is 0 Å². The van der Waals surface area contributed by atoms with Gasteiger partial charge in [-0.1, -0.05) is 0 Å². The van der Waals surface area contributed by atoms with Gasteiger partial charge in [-0.15, -0.1) is 25.6 Å². The zero-order chi connectivity index (χ0) is 45.9. The lowest BCUT2D eigenvalue weighted by atomic mass is 10.1. The summed E-state index contributed by atoms with van der Waals surface area (Å²) in [5, 5.41) is 39.3. The summed E-state index contributed by atoms with van der Waals surface area (Å²) in [4.78, 5) is -1.66. The normalized spacial score (nSPS) is 12.4. The topological polar surface area (TPSA) is 332 Å². The van der Waals surface area contributed by atoms with E-state index in [-0.39, 0.29) is 78.5 Å². The van der Waals surface area contributed by atoms with Gasteiger partial charge in [-0.2, -0.15) is 30.4 Å². The average Bonchev–Trinajstić information content (AvgIpc) is 3.23. The van der Waals surface area contributed by atoms with Crippen molar-refractivity contribution >= 4 is 92.3 Å². The molecule has 328 valence electrons. The van der Waals surface area contributed by atoms with Gasteiger partial charge in [0.2, 0.25) is 0 Å². The minimum Gasteiger partial charge on any atom is -0.505 e. The molecule has 6 aromatic carbocycles. The average molecular weight is 923 g/mol. The van der Waals surface area contributed by atoms with Crippen LogP contribution in [0.3, 0.4) is 0 Å². The number of anilines is 3. The fourth-order valence-corrected chi connectivity index (χ4v) is 7.56. The molecule has 7 N–H and O–H groups in total. The molecule has 22 nitrogen and oxygen atoms in total. The maximum atomic E-state index is 12.6. The molecule has 0 saturated heterocycles. The van der Waals surface area contributed by atoms with Crippen LogP contribution in [0.2, 0.25) is 0 Å². The molecule has 0 atom stereocenters. The Labute approximate surface area is 358 Å². The van der Waals surface area contributed by atoms with Gasteiger partial charge in [-0.3, -0.25) is 13.7 Å². The second-order valence-electron chi connectivity index (χ2n) is 12.8. The molecule has 63 heavy (non-hydrogen) atoms. The fraction of sp³-hybridized carbons (Fsp3) is 0.105. The number of aromatic hydroxyl groups is 1. The molecule has 0 bridgehead atoms. The van der Waals surface area contributed by atoms with E-state index in [1.807, 2.05) is 0 Å². The summed E-state index contributed by atoms with van der Waals surface area (Å²) in [6, 6.07) is 19.8. The number of ether oxygens (including phenoxy) is 4. The predicted molar refractivity (Wildman–Crippen MR) is 227 cm³/mol. The molecule has 0 fully saturated rings. The molecule has 0 aliphatic heterocycles. The molecule has 0 heterocycles. The molecule has 0 aliphatic rings. The summed E-state index contributed by atoms with van der Waals surface area (Å²) in [5.74, 6) is -0.133. The summed E-state index contributed by atoms with van der Waals surface area (Å²) >= 11 is 0. The van der Waals surface area contributed by atoms with E-state index in [2.05, 4.69) is 36.0 Å². The number of nitrogens with one attached hydrogen (secondary N) is 1. The molecule has 0 amide bonds. The highest BCUT2D eigenvalue weighted by molar-refractivity contribution is 7.86. The molecule has 0 aromatic heterocycles. The minimum atomic E-state index is -5.04. The van der Waals surface area contributed by atoms with Crippen LogP contribution in [-0.2, 0) is 30.4 Å². The minimum absolute atomic E-state index is 0.0250. The van der Waals surface area contributed by atoms with Gasteiger partial charge in [-0.05, 0) is 72.1 Å². The number of methoxy groups -OCH3 is 4. The van der Waals surface area contributed by atoms with Crippen LogP contribution in [0.1, 0.15) is 0 Å². The smallest absolute Gasteiger partial charge is 0.296 e. The first-order chi connectivity index (χ1) is 29.7. The van der Waals surface area contributed by atoms with Crippen LogP contribution in [0.4, 0.5) is 51.2 Å². The SMILES string of the molecule is COc1cc(N=Nc2cc(OC)c(N=Nc3c(S(=O)(=O)O)cc4cc(Nc5ccc(N)c(S(=O)(=O)O)c5)ccc4c3O)cc2OC)c(OC)cc1N=Nc1ccc(S(=O)(=O)O)cc1. The predicted octanol–water partition coefficient (Wildman–Crippen LogP) is 8.89. The second-order valence-corrected chi connectivity index (χ2v) is 17.0. The summed E-state index contributed by atoms with van der Waals surface area (Å²) < 4.78 is 122. The zero-order valence-electron chi connectivity index (χ0n) is 33.0. The first-order valence-electron chi connectivity index (χ1n) is 17.5. The molecule has 0 radical (unpaired) electrons. The maximum absolute atomic E-state index is 12.6. The standard InChI is InChI=1S/C38H34N8O14S3/c1-57-31-17-28(32(58-2)16-27(31)42-41-21-5-9-24(10-6-21)61(48,49)50)43-44-29-18-34(60-4)30(19-33(29)59-3)45-46-37-36(63(54,55)56)14-20-13-22(7-11-25(20)38(37)47)40-23-8-12-26(39)35(15-23)62(51,52)53/h5-19,40,47H,39H2,1-4H3,(H,48,49,50)(H,51,52,53)(H,54,55,56). The number of benzene rings is 6. The van der Waals surface area contributed by atoms with E-state index in [9.17, 15) is 44.0 Å². The Morgan fingerprint density at radius 1 is 0.508 bits per heavy atom. The van der Waals surface area contributed by atoms with Crippen molar-refractivity contribution < 1.29 is 63.0 Å². The molecular weight excluding hydrogens is 889 g/mol. The molecule has 6 aromatic rings. The van der Waals surface area contributed by atoms with Crippen LogP contribution in [-0.4, -0.2) is 72.5 Å². The lowest BCUT2D eigenvalue weighted by molar-refractivity contribution is 0.403. The number of nitrogens with two attached hydrogens (primary N) is 1. The van der Waals surface area contributed by atoms with Gasteiger partial charge >= 0.3 is 0 Å². The number of phenols is 1. The summed E-state index contributed by atoms with van der Waals surface area (Å²) in [7, 11) is -8.67. The van der Waals surface area contributed by atoms with Gasteiger partial charge in [0, 0.05) is 41.0 Å². The number of hydrogen-bond donors (Lipinski definition) is 6. The van der Waals surface area contributed by atoms with E-state index in [0.717, 1.165) is 24.3 Å². The third kappa shape index (κ3) is 10.3. The highest BCUT2D eigenvalue weighted by Crippen LogP contribution is 2.46. The van der Waals surface area contributed by atoms with Gasteiger partial charge in [-0.25, -0.2) is 0 Å². The molecule has 0 unspecified atom stereocenters. The largest absolute Gasteiger partial charge is 0.505 e. The third-order valence-corrected chi connectivity index (χ3v) is 11.4. The van der Waals surface area contributed by atoms with Gasteiger partial charge in [0.25, 0.3) is 30.4 Å². The summed E-state index contributed by atoms with van der Waals surface area (Å²) in [5.41, 5.74) is 6.11. The van der Waals surface area contributed by atoms with E-state index in [4.69, 9.17) is 24.7 Å². The molecule has 6 rings (SSSR count). The number of rotatable bonds is 15. The van der Waals surface area contributed by atoms with Crippen molar-refractivity contribution in [1.29, 1.82) is 0 Å². The molecule has 0 saturated carbocycles. The van der Waals surface area contributed by atoms with Crippen molar-refractivity contribution in [2.75, 3.05) is 39.5 Å². The van der Waals surface area contributed by atoms with E-state index in [1.165, 1.54) is 95.2 Å².